The van der Waals surface area contributed by atoms with E-state index in [1.807, 2.05) is 54.5 Å². The quantitative estimate of drug-likeness (QED) is 0.532. The van der Waals surface area contributed by atoms with E-state index in [1.165, 1.54) is 10.9 Å². The molecule has 1 heterocycles. The molecule has 2 N–H and O–H groups in total. The molecule has 0 saturated heterocycles. The van der Waals surface area contributed by atoms with Crippen LogP contribution in [-0.4, -0.2) is 42.5 Å². The van der Waals surface area contributed by atoms with E-state index in [4.69, 9.17) is 4.74 Å². The van der Waals surface area contributed by atoms with Gasteiger partial charge in [0.25, 0.3) is 0 Å². The summed E-state index contributed by atoms with van der Waals surface area (Å²) in [5, 5.41) is 4.23. The van der Waals surface area contributed by atoms with Crippen LogP contribution < -0.4 is 10.1 Å². The van der Waals surface area contributed by atoms with Crippen molar-refractivity contribution in [2.45, 2.75) is 13.0 Å². The minimum atomic E-state index is 0.0354. The number of carbonyl (C=O) groups excluding carboxylic acids is 1. The molecule has 0 unspecified atom stereocenters. The Hall–Kier alpha value is -3.05. The van der Waals surface area contributed by atoms with Crippen molar-refractivity contribution in [3.8, 4) is 5.75 Å². The fourth-order valence-electron chi connectivity index (χ4n) is 3.19. The highest BCUT2D eigenvalue weighted by molar-refractivity contribution is 5.83. The molecule has 0 saturated carbocycles. The molecular weight excluding hydrogens is 350 g/mol. The summed E-state index contributed by atoms with van der Waals surface area (Å²) < 4.78 is 5.48. The van der Waals surface area contributed by atoms with Gasteiger partial charge in [0, 0.05) is 30.2 Å². The van der Waals surface area contributed by atoms with E-state index < -0.39 is 0 Å². The first-order valence-electron chi connectivity index (χ1n) is 9.48. The number of nitrogens with zero attached hydrogens (tertiary/aromatic N) is 1. The molecule has 0 aliphatic rings. The zero-order chi connectivity index (χ0) is 19.8. The molecule has 5 heteroatoms. The van der Waals surface area contributed by atoms with Gasteiger partial charge in [0.15, 0.2) is 0 Å². The van der Waals surface area contributed by atoms with Gasteiger partial charge in [-0.1, -0.05) is 43.0 Å². The Balaban J connectivity index is 1.41. The molecule has 3 aromatic rings. The number of fused-ring (bicyclic) bond motifs is 1. The summed E-state index contributed by atoms with van der Waals surface area (Å²) >= 11 is 0. The molecule has 0 aliphatic carbocycles. The van der Waals surface area contributed by atoms with E-state index in [2.05, 4.69) is 29.0 Å². The number of carbonyl (C=O) groups is 1. The predicted molar refractivity (Wildman–Crippen MR) is 113 cm³/mol. The molecule has 146 valence electrons. The van der Waals surface area contributed by atoms with Crippen LogP contribution in [0, 0.1) is 0 Å². The fourth-order valence-corrected chi connectivity index (χ4v) is 3.19. The highest BCUT2D eigenvalue weighted by Crippen LogP contribution is 2.17. The largest absolute Gasteiger partial charge is 0.490 e. The summed E-state index contributed by atoms with van der Waals surface area (Å²) in [6.07, 6.45) is 4.55. The zero-order valence-corrected chi connectivity index (χ0v) is 16.3. The Labute approximate surface area is 166 Å². The first-order chi connectivity index (χ1) is 13.7. The van der Waals surface area contributed by atoms with Crippen molar-refractivity contribution in [1.82, 2.24) is 15.2 Å². The van der Waals surface area contributed by atoms with Crippen molar-refractivity contribution in [3.63, 3.8) is 0 Å². The highest BCUT2D eigenvalue weighted by Gasteiger charge is 2.08. The Morgan fingerprint density at radius 3 is 2.79 bits per heavy atom. The number of ether oxygens (including phenoxy) is 1. The number of nitrogens with one attached hydrogen (secondary N) is 2. The second-order valence-electron chi connectivity index (χ2n) is 6.88. The van der Waals surface area contributed by atoms with Crippen LogP contribution in [0.5, 0.6) is 5.75 Å². The lowest BCUT2D eigenvalue weighted by Gasteiger charge is -2.16. The third-order valence-corrected chi connectivity index (χ3v) is 4.55. The molecule has 0 bridgehead atoms. The summed E-state index contributed by atoms with van der Waals surface area (Å²) in [7, 11) is 1.95. The molecule has 0 radical (unpaired) electrons. The molecule has 1 aromatic heterocycles. The van der Waals surface area contributed by atoms with Crippen LogP contribution in [0.15, 0.2) is 67.4 Å². The standard InChI is InChI=1S/C23H27N3O2/c1-3-14-28-20-10-8-18(9-11-20)16-26(2)17-23(27)24-13-12-19-15-25-22-7-5-4-6-21(19)22/h3-11,15,25H,1,12-14,16-17H2,2H3,(H,24,27). The number of H-pyrrole nitrogens is 1. The number of hydrogen-bond acceptors (Lipinski definition) is 3. The maximum Gasteiger partial charge on any atom is 0.234 e. The van der Waals surface area contributed by atoms with Gasteiger partial charge in [0.2, 0.25) is 5.91 Å². The summed E-state index contributed by atoms with van der Waals surface area (Å²) in [5.41, 5.74) is 3.49. The average molecular weight is 377 g/mol. The third-order valence-electron chi connectivity index (χ3n) is 4.55. The first-order valence-corrected chi connectivity index (χ1v) is 9.48. The Kier molecular flexibility index (Phi) is 6.87. The molecule has 1 amide bonds. The van der Waals surface area contributed by atoms with Gasteiger partial charge in [-0.15, -0.1) is 0 Å². The van der Waals surface area contributed by atoms with Gasteiger partial charge in [-0.25, -0.2) is 0 Å². The van der Waals surface area contributed by atoms with E-state index in [1.54, 1.807) is 6.08 Å². The molecular formula is C23H27N3O2. The Bertz CT molecular complexity index is 915. The second kappa shape index (κ2) is 9.76. The minimum Gasteiger partial charge on any atom is -0.490 e. The molecule has 3 rings (SSSR count). The van der Waals surface area contributed by atoms with Gasteiger partial charge in [0.1, 0.15) is 12.4 Å². The third kappa shape index (κ3) is 5.47. The maximum atomic E-state index is 12.2. The summed E-state index contributed by atoms with van der Waals surface area (Å²) in [5.74, 6) is 0.856. The molecule has 0 fully saturated rings. The van der Waals surface area contributed by atoms with Gasteiger partial charge in [-0.2, -0.15) is 0 Å². The lowest BCUT2D eigenvalue weighted by atomic mass is 10.1. The highest BCUT2D eigenvalue weighted by atomic mass is 16.5. The zero-order valence-electron chi connectivity index (χ0n) is 16.3. The summed E-state index contributed by atoms with van der Waals surface area (Å²) in [6.45, 7) is 5.83. The van der Waals surface area contributed by atoms with Crippen LogP contribution in [-0.2, 0) is 17.8 Å². The van der Waals surface area contributed by atoms with Crippen molar-refractivity contribution in [2.75, 3.05) is 26.7 Å². The van der Waals surface area contributed by atoms with Gasteiger partial charge in [-0.05, 0) is 42.8 Å². The van der Waals surface area contributed by atoms with E-state index in [0.29, 0.717) is 26.2 Å². The summed E-state index contributed by atoms with van der Waals surface area (Å²) in [4.78, 5) is 17.5. The van der Waals surface area contributed by atoms with Crippen molar-refractivity contribution >= 4 is 16.8 Å². The van der Waals surface area contributed by atoms with E-state index in [-0.39, 0.29) is 5.91 Å². The van der Waals surface area contributed by atoms with Crippen LogP contribution in [0.1, 0.15) is 11.1 Å². The number of para-hydroxylation sites is 1. The Morgan fingerprint density at radius 2 is 2.00 bits per heavy atom. The van der Waals surface area contributed by atoms with Gasteiger partial charge in [0.05, 0.1) is 6.54 Å². The number of benzene rings is 2. The van der Waals surface area contributed by atoms with Crippen molar-refractivity contribution < 1.29 is 9.53 Å². The maximum absolute atomic E-state index is 12.2. The van der Waals surface area contributed by atoms with Gasteiger partial charge < -0.3 is 15.0 Å². The van der Waals surface area contributed by atoms with E-state index in [9.17, 15) is 4.79 Å². The molecule has 2 aromatic carbocycles. The van der Waals surface area contributed by atoms with E-state index >= 15 is 0 Å². The second-order valence-corrected chi connectivity index (χ2v) is 6.88. The normalized spacial score (nSPS) is 10.9. The van der Waals surface area contributed by atoms with Crippen LogP contribution in [0.2, 0.25) is 0 Å². The minimum absolute atomic E-state index is 0.0354. The van der Waals surface area contributed by atoms with Gasteiger partial charge in [-0.3, -0.25) is 9.69 Å². The molecule has 0 spiro atoms. The van der Waals surface area contributed by atoms with Crippen molar-refractivity contribution in [1.29, 1.82) is 0 Å². The predicted octanol–water partition coefficient (Wildman–Crippen LogP) is 3.52. The molecule has 28 heavy (non-hydrogen) atoms. The average Bonchev–Trinajstić information content (AvgIpc) is 3.10. The monoisotopic (exact) mass is 377 g/mol. The molecule has 5 nitrogen and oxygen atoms in total. The number of amides is 1. The van der Waals surface area contributed by atoms with Crippen molar-refractivity contribution in [2.24, 2.45) is 0 Å². The first kappa shape index (κ1) is 19.7. The number of aromatic amines is 1. The topological polar surface area (TPSA) is 57.4 Å². The van der Waals surface area contributed by atoms with E-state index in [0.717, 1.165) is 23.3 Å². The van der Waals surface area contributed by atoms with Crippen LogP contribution >= 0.6 is 0 Å². The lowest BCUT2D eigenvalue weighted by molar-refractivity contribution is -0.122. The van der Waals surface area contributed by atoms with Crippen LogP contribution in [0.25, 0.3) is 10.9 Å². The summed E-state index contributed by atoms with van der Waals surface area (Å²) in [6, 6.07) is 16.1. The lowest BCUT2D eigenvalue weighted by Crippen LogP contribution is -2.35. The molecule has 0 atom stereocenters. The number of likely N-dealkylation sites (N-methyl/N-ethyl adjacent to an activating group) is 1. The SMILES string of the molecule is C=CCOc1ccc(CN(C)CC(=O)NCCc2c[nH]c3ccccc23)cc1. The number of hydrogen-bond donors (Lipinski definition) is 2. The molecule has 0 aliphatic heterocycles. The van der Waals surface area contributed by atoms with Crippen LogP contribution in [0.4, 0.5) is 0 Å². The van der Waals surface area contributed by atoms with Crippen molar-refractivity contribution in [3.05, 3.63) is 78.5 Å². The number of rotatable bonds is 10. The van der Waals surface area contributed by atoms with Gasteiger partial charge >= 0.3 is 0 Å². The smallest absolute Gasteiger partial charge is 0.234 e. The Morgan fingerprint density at radius 1 is 1.21 bits per heavy atom. The van der Waals surface area contributed by atoms with Crippen LogP contribution in [0.3, 0.4) is 0 Å². The number of aromatic nitrogens is 1. The fraction of sp³-hybridized carbons (Fsp3) is 0.261.